The van der Waals surface area contributed by atoms with Gasteiger partial charge in [-0.05, 0) is 44.7 Å². The molecular weight excluding hydrogens is 469 g/mol. The van der Waals surface area contributed by atoms with E-state index in [0.717, 1.165) is 22.3 Å². The number of aromatic nitrogens is 3. The number of rotatable bonds is 5. The van der Waals surface area contributed by atoms with Gasteiger partial charge in [0.1, 0.15) is 15.5 Å². The lowest BCUT2D eigenvalue weighted by Crippen LogP contribution is -2.39. The van der Waals surface area contributed by atoms with E-state index in [4.69, 9.17) is 16.2 Å². The third kappa shape index (κ3) is 4.43. The Balaban J connectivity index is 1.31. The number of hydrogen-bond donors (Lipinski definition) is 3. The molecule has 1 aliphatic heterocycles. The lowest BCUT2D eigenvalue weighted by atomic mass is 9.91. The topological polar surface area (TPSA) is 132 Å². The zero-order valence-electron chi connectivity index (χ0n) is 20.1. The van der Waals surface area contributed by atoms with Crippen LogP contribution in [0.1, 0.15) is 38.9 Å². The third-order valence-corrected chi connectivity index (χ3v) is 8.01. The summed E-state index contributed by atoms with van der Waals surface area (Å²) in [7, 11) is 1.65. The van der Waals surface area contributed by atoms with Gasteiger partial charge in [-0.1, -0.05) is 0 Å². The molecule has 4 heterocycles. The molecule has 5 rings (SSSR count). The normalized spacial score (nSPS) is 22.0. The van der Waals surface area contributed by atoms with Gasteiger partial charge < -0.3 is 26.4 Å². The molecule has 3 unspecified atom stereocenters. The maximum absolute atomic E-state index is 15.1. The number of anilines is 2. The fourth-order valence-corrected chi connectivity index (χ4v) is 6.27. The Morgan fingerprint density at radius 1 is 1.31 bits per heavy atom. The SMILES string of the molecule is COCC1CN(c2nc3c(cc2F)CC(NC(=O)c2sc4nc(C)nc(C)c4c2N)CC3)CC1N. The van der Waals surface area contributed by atoms with Crippen LogP contribution in [0.2, 0.25) is 0 Å². The first-order chi connectivity index (χ1) is 16.7. The summed E-state index contributed by atoms with van der Waals surface area (Å²) in [6.07, 6.45) is 1.88. The number of hydrogen-bond acceptors (Lipinski definition) is 9. The zero-order chi connectivity index (χ0) is 24.9. The summed E-state index contributed by atoms with van der Waals surface area (Å²) >= 11 is 1.27. The van der Waals surface area contributed by atoms with Crippen LogP contribution in [0, 0.1) is 25.6 Å². The molecule has 186 valence electrons. The third-order valence-electron chi connectivity index (χ3n) is 6.92. The highest BCUT2D eigenvalue weighted by atomic mass is 32.1. The second-order valence-electron chi connectivity index (χ2n) is 9.48. The summed E-state index contributed by atoms with van der Waals surface area (Å²) in [6.45, 7) is 5.40. The van der Waals surface area contributed by atoms with Crippen molar-refractivity contribution in [3.63, 3.8) is 0 Å². The highest BCUT2D eigenvalue weighted by Gasteiger charge is 2.33. The summed E-state index contributed by atoms with van der Waals surface area (Å²) in [6, 6.07) is 1.35. The highest BCUT2D eigenvalue weighted by Crippen LogP contribution is 2.35. The van der Waals surface area contributed by atoms with Crippen LogP contribution < -0.4 is 21.7 Å². The Kier molecular flexibility index (Phi) is 6.32. The molecule has 1 aliphatic carbocycles. The van der Waals surface area contributed by atoms with Crippen molar-refractivity contribution in [2.75, 3.05) is 37.4 Å². The van der Waals surface area contributed by atoms with Crippen LogP contribution in [0.4, 0.5) is 15.9 Å². The van der Waals surface area contributed by atoms with E-state index in [1.54, 1.807) is 13.2 Å². The van der Waals surface area contributed by atoms with Crippen LogP contribution in [-0.4, -0.2) is 59.7 Å². The molecule has 0 saturated carbocycles. The lowest BCUT2D eigenvalue weighted by Gasteiger charge is -2.27. The molecule has 3 atom stereocenters. The predicted molar refractivity (Wildman–Crippen MR) is 134 cm³/mol. The monoisotopic (exact) mass is 499 g/mol. The molecule has 0 bridgehead atoms. The molecule has 11 heteroatoms. The standard InChI is InChI=1S/C24H30FN7O2S/c1-11-19-20(27)21(35-24(19)29-12(2)28-11)23(33)30-15-4-5-18-13(6-15)7-16(25)22(31-18)32-8-14(10-34-3)17(26)9-32/h7,14-15,17H,4-6,8-10,26-27H2,1-3H3,(H,30,33). The first-order valence-corrected chi connectivity index (χ1v) is 12.6. The molecule has 0 aromatic carbocycles. The van der Waals surface area contributed by atoms with Crippen molar-refractivity contribution < 1.29 is 13.9 Å². The summed E-state index contributed by atoms with van der Waals surface area (Å²) in [5, 5.41) is 3.81. The van der Waals surface area contributed by atoms with E-state index in [0.29, 0.717) is 66.0 Å². The number of amides is 1. The summed E-state index contributed by atoms with van der Waals surface area (Å²) in [4.78, 5) is 29.6. The molecule has 3 aromatic rings. The lowest BCUT2D eigenvalue weighted by molar-refractivity contribution is 0.0938. The van der Waals surface area contributed by atoms with Gasteiger partial charge in [0.05, 0.1) is 23.4 Å². The van der Waals surface area contributed by atoms with Crippen molar-refractivity contribution in [1.29, 1.82) is 0 Å². The van der Waals surface area contributed by atoms with E-state index in [9.17, 15) is 4.79 Å². The number of fused-ring (bicyclic) bond motifs is 2. The first kappa shape index (κ1) is 23.8. The van der Waals surface area contributed by atoms with Crippen molar-refractivity contribution >= 4 is 39.0 Å². The van der Waals surface area contributed by atoms with Crippen molar-refractivity contribution in [2.45, 2.75) is 45.2 Å². The van der Waals surface area contributed by atoms with E-state index in [-0.39, 0.29) is 29.7 Å². The smallest absolute Gasteiger partial charge is 0.263 e. The molecule has 5 N–H and O–H groups in total. The molecule has 3 aromatic heterocycles. The summed E-state index contributed by atoms with van der Waals surface area (Å²) < 4.78 is 20.3. The van der Waals surface area contributed by atoms with E-state index < -0.39 is 0 Å². The van der Waals surface area contributed by atoms with Gasteiger partial charge in [-0.2, -0.15) is 0 Å². The van der Waals surface area contributed by atoms with Crippen LogP contribution in [0.5, 0.6) is 0 Å². The van der Waals surface area contributed by atoms with Crippen LogP contribution in [0.15, 0.2) is 6.07 Å². The molecule has 35 heavy (non-hydrogen) atoms. The van der Waals surface area contributed by atoms with Crippen molar-refractivity contribution in [2.24, 2.45) is 11.7 Å². The molecule has 1 saturated heterocycles. The van der Waals surface area contributed by atoms with Crippen LogP contribution >= 0.6 is 11.3 Å². The molecule has 1 fully saturated rings. The van der Waals surface area contributed by atoms with Gasteiger partial charge in [-0.3, -0.25) is 4.79 Å². The molecule has 9 nitrogen and oxygen atoms in total. The summed E-state index contributed by atoms with van der Waals surface area (Å²) in [5.41, 5.74) is 15.4. The number of pyridine rings is 1. The van der Waals surface area contributed by atoms with Gasteiger partial charge >= 0.3 is 0 Å². The van der Waals surface area contributed by atoms with Gasteiger partial charge in [0.25, 0.3) is 5.91 Å². The summed E-state index contributed by atoms with van der Waals surface area (Å²) in [5.74, 6) is 0.545. The highest BCUT2D eigenvalue weighted by molar-refractivity contribution is 7.21. The maximum atomic E-state index is 15.1. The Morgan fingerprint density at radius 3 is 2.89 bits per heavy atom. The maximum Gasteiger partial charge on any atom is 0.263 e. The number of thiophene rings is 1. The van der Waals surface area contributed by atoms with E-state index in [1.807, 2.05) is 18.7 Å². The van der Waals surface area contributed by atoms with Gasteiger partial charge in [0, 0.05) is 43.9 Å². The zero-order valence-corrected chi connectivity index (χ0v) is 20.9. The minimum absolute atomic E-state index is 0.0770. The molecule has 2 aliphatic rings. The fourth-order valence-electron chi connectivity index (χ4n) is 5.18. The van der Waals surface area contributed by atoms with E-state index in [2.05, 4.69) is 20.3 Å². The van der Waals surface area contributed by atoms with E-state index >= 15 is 4.39 Å². The number of nitrogens with zero attached hydrogens (tertiary/aromatic N) is 4. The van der Waals surface area contributed by atoms with Gasteiger partial charge in [-0.25, -0.2) is 19.3 Å². The van der Waals surface area contributed by atoms with Gasteiger partial charge in [0.2, 0.25) is 0 Å². The number of aryl methyl sites for hydroxylation is 3. The number of ether oxygens (including phenoxy) is 1. The molecule has 0 radical (unpaired) electrons. The number of nitrogens with one attached hydrogen (secondary N) is 1. The van der Waals surface area contributed by atoms with Gasteiger partial charge in [0.15, 0.2) is 11.6 Å². The Bertz CT molecular complexity index is 1300. The number of nitrogen functional groups attached to an aromatic ring is 1. The number of carbonyl (C=O) groups is 1. The average Bonchev–Trinajstić information content (AvgIpc) is 3.33. The predicted octanol–water partition coefficient (Wildman–Crippen LogP) is 2.12. The Morgan fingerprint density at radius 2 is 2.11 bits per heavy atom. The second kappa shape index (κ2) is 9.29. The van der Waals surface area contributed by atoms with Gasteiger partial charge in [-0.15, -0.1) is 11.3 Å². The number of methoxy groups -OCH3 is 1. The van der Waals surface area contributed by atoms with Crippen molar-refractivity contribution in [3.8, 4) is 0 Å². The minimum Gasteiger partial charge on any atom is -0.397 e. The van der Waals surface area contributed by atoms with Crippen LogP contribution in [0.25, 0.3) is 10.2 Å². The largest absolute Gasteiger partial charge is 0.397 e. The number of carbonyl (C=O) groups excluding carboxylic acids is 1. The van der Waals surface area contributed by atoms with Crippen LogP contribution in [0.3, 0.4) is 0 Å². The number of nitrogens with two attached hydrogens (primary N) is 2. The quantitative estimate of drug-likeness (QED) is 0.486. The molecule has 1 amide bonds. The number of halogens is 1. The van der Waals surface area contributed by atoms with Crippen molar-refractivity contribution in [3.05, 3.63) is 39.5 Å². The first-order valence-electron chi connectivity index (χ1n) is 11.8. The average molecular weight is 500 g/mol. The Hall–Kier alpha value is -2.89. The fraction of sp³-hybridized carbons (Fsp3) is 0.500. The van der Waals surface area contributed by atoms with Crippen LogP contribution in [-0.2, 0) is 17.6 Å². The minimum atomic E-state index is -0.362. The van der Waals surface area contributed by atoms with Crippen molar-refractivity contribution in [1.82, 2.24) is 20.3 Å². The molecular formula is C24H30FN7O2S. The Labute approximate surface area is 207 Å². The second-order valence-corrected chi connectivity index (χ2v) is 10.5. The molecule has 0 spiro atoms. The van der Waals surface area contributed by atoms with E-state index in [1.165, 1.54) is 11.3 Å².